The number of fused-ring (bicyclic) bond motifs is 3. The monoisotopic (exact) mass is 514 g/mol. The first kappa shape index (κ1) is 25.5. The van der Waals surface area contributed by atoms with Gasteiger partial charge in [0, 0.05) is 40.7 Å². The number of nitrogens with zero attached hydrogens (tertiary/aromatic N) is 4. The number of carbonyl (C=O) groups excluding carboxylic acids is 1. The van der Waals surface area contributed by atoms with Crippen molar-refractivity contribution in [3.8, 4) is 5.75 Å². The summed E-state index contributed by atoms with van der Waals surface area (Å²) in [6.45, 7) is 1.85. The van der Waals surface area contributed by atoms with Gasteiger partial charge in [0.2, 0.25) is 6.41 Å². The quantitative estimate of drug-likeness (QED) is 0.264. The Bertz CT molecular complexity index is 1170. The lowest BCUT2D eigenvalue weighted by Crippen LogP contribution is -2.41. The maximum atomic E-state index is 10.3. The molecule has 0 bridgehead atoms. The topological polar surface area (TPSA) is 96.6 Å². The van der Waals surface area contributed by atoms with Crippen LogP contribution in [0.2, 0.25) is 0 Å². The van der Waals surface area contributed by atoms with Gasteiger partial charge < -0.3 is 25.6 Å². The van der Waals surface area contributed by atoms with E-state index in [-0.39, 0.29) is 0 Å². The Morgan fingerprint density at radius 1 is 1.23 bits per heavy atom. The van der Waals surface area contributed by atoms with Gasteiger partial charge in [-0.1, -0.05) is 0 Å². The minimum absolute atomic E-state index is 0.585. The molecule has 1 aromatic carbocycles. The number of aromatic nitrogens is 2. The van der Waals surface area contributed by atoms with Crippen molar-refractivity contribution in [3.05, 3.63) is 28.9 Å². The Kier molecular flexibility index (Phi) is 8.35. The van der Waals surface area contributed by atoms with E-state index in [0.29, 0.717) is 22.4 Å². The van der Waals surface area contributed by atoms with Crippen LogP contribution in [0, 0.1) is 0 Å². The summed E-state index contributed by atoms with van der Waals surface area (Å²) in [4.78, 5) is 26.6. The summed E-state index contributed by atoms with van der Waals surface area (Å²) < 4.78 is 5.44. The number of hydrogen-bond acceptors (Lipinski definition) is 9. The number of carbonyl (C=O) groups is 1. The number of benzene rings is 1. The van der Waals surface area contributed by atoms with Gasteiger partial charge >= 0.3 is 0 Å². The van der Waals surface area contributed by atoms with Gasteiger partial charge in [-0.3, -0.25) is 4.79 Å². The number of likely N-dealkylation sites (tertiary alicyclic amines) is 1. The van der Waals surface area contributed by atoms with E-state index in [4.69, 9.17) is 10.5 Å². The number of piperidine rings is 1. The summed E-state index contributed by atoms with van der Waals surface area (Å²) in [6.07, 6.45) is 9.50. The Labute approximate surface area is 216 Å². The molecule has 1 aliphatic carbocycles. The normalized spacial score (nSPS) is 16.0. The highest BCUT2D eigenvalue weighted by Gasteiger charge is 2.21. The second kappa shape index (κ2) is 11.5. The van der Waals surface area contributed by atoms with Crippen LogP contribution >= 0.6 is 24.0 Å². The van der Waals surface area contributed by atoms with Crippen LogP contribution in [0.1, 0.15) is 36.1 Å². The second-order valence-electron chi connectivity index (χ2n) is 9.19. The maximum absolute atomic E-state index is 10.3. The number of rotatable bonds is 5. The van der Waals surface area contributed by atoms with Crippen LogP contribution in [0.5, 0.6) is 5.75 Å². The Morgan fingerprint density at radius 3 is 2.66 bits per heavy atom. The number of thiol groups is 1. The van der Waals surface area contributed by atoms with E-state index >= 15 is 0 Å². The number of anilines is 3. The number of thiophene rings is 1. The third-order valence-corrected chi connectivity index (χ3v) is 8.32. The largest absolute Gasteiger partial charge is 0.494 e. The van der Waals surface area contributed by atoms with Gasteiger partial charge in [-0.15, -0.1) is 24.0 Å². The van der Waals surface area contributed by atoms with E-state index < -0.39 is 0 Å². The number of hydrogen-bond donors (Lipinski definition) is 3. The number of nitrogens with one attached hydrogen (secondary N) is 1. The molecule has 3 N–H and O–H groups in total. The van der Waals surface area contributed by atoms with E-state index in [1.165, 1.54) is 23.3 Å². The molecule has 0 atom stereocenters. The number of methoxy groups -OCH3 is 1. The molecule has 10 heteroatoms. The minimum atomic E-state index is 0.585. The lowest BCUT2D eigenvalue weighted by atomic mass is 9.97. The maximum Gasteiger partial charge on any atom is 0.209 e. The molecule has 2 aliphatic rings. The second-order valence-corrected chi connectivity index (χ2v) is 10.8. The van der Waals surface area contributed by atoms with Gasteiger partial charge in [0.15, 0.2) is 0 Å². The first-order valence-electron chi connectivity index (χ1n) is 12.0. The van der Waals surface area contributed by atoms with Crippen molar-refractivity contribution >= 4 is 57.8 Å². The number of amides is 1. The molecule has 1 amide bonds. The Balaban J connectivity index is 0.000000221. The summed E-state index contributed by atoms with van der Waals surface area (Å²) in [5.74, 6) is 1.48. The molecule has 0 unspecified atom stereocenters. The highest BCUT2D eigenvalue weighted by Crippen LogP contribution is 2.40. The Morgan fingerprint density at radius 2 is 1.97 bits per heavy atom. The van der Waals surface area contributed by atoms with Crippen molar-refractivity contribution in [2.45, 2.75) is 49.5 Å². The van der Waals surface area contributed by atoms with Crippen molar-refractivity contribution in [2.24, 2.45) is 0 Å². The van der Waals surface area contributed by atoms with E-state index in [9.17, 15) is 4.79 Å². The standard InChI is InChI=1S/C17H18N4OS2.C8H16N2O/c1-22-12-6-10(18)13(23)7-11(12)21-16-15-9-4-2-3-5-14(9)24-17(15)20-8-19-16;1-9(2)8-3-5-10(7-11)6-4-8/h6-8,23H,2-5,18H2,1H3,(H,19,20,21);7-8H,3-6H2,1-2H3. The molecule has 1 saturated heterocycles. The molecular formula is C25H34N6O2S2. The molecule has 0 radical (unpaired) electrons. The smallest absolute Gasteiger partial charge is 0.209 e. The van der Waals surface area contributed by atoms with E-state index in [2.05, 4.69) is 46.9 Å². The molecule has 1 fully saturated rings. The fourth-order valence-corrected chi connectivity index (χ4v) is 6.09. The molecule has 35 heavy (non-hydrogen) atoms. The average Bonchev–Trinajstić information content (AvgIpc) is 3.26. The van der Waals surface area contributed by atoms with Crippen molar-refractivity contribution in [3.63, 3.8) is 0 Å². The highest BCUT2D eigenvalue weighted by atomic mass is 32.1. The van der Waals surface area contributed by atoms with Crippen molar-refractivity contribution in [1.29, 1.82) is 0 Å². The fraction of sp³-hybridized carbons (Fsp3) is 0.480. The van der Waals surface area contributed by atoms with Crippen LogP contribution in [0.4, 0.5) is 17.2 Å². The van der Waals surface area contributed by atoms with E-state index in [1.54, 1.807) is 30.8 Å². The van der Waals surface area contributed by atoms with Crippen molar-refractivity contribution < 1.29 is 9.53 Å². The van der Waals surface area contributed by atoms with Crippen molar-refractivity contribution in [2.75, 3.05) is 45.3 Å². The lowest BCUT2D eigenvalue weighted by Gasteiger charge is -2.33. The predicted octanol–water partition coefficient (Wildman–Crippen LogP) is 4.36. The summed E-state index contributed by atoms with van der Waals surface area (Å²) in [6, 6.07) is 4.31. The Hall–Kier alpha value is -2.56. The molecule has 1 aliphatic heterocycles. The minimum Gasteiger partial charge on any atom is -0.494 e. The number of aryl methyl sites for hydroxylation is 2. The molecule has 2 aromatic heterocycles. The molecule has 188 valence electrons. The zero-order chi connectivity index (χ0) is 24.9. The summed E-state index contributed by atoms with van der Waals surface area (Å²) in [5.41, 5.74) is 8.69. The van der Waals surface area contributed by atoms with Gasteiger partial charge in [0.25, 0.3) is 0 Å². The molecule has 3 aromatic rings. The molecule has 5 rings (SSSR count). The van der Waals surface area contributed by atoms with E-state index in [0.717, 1.165) is 66.9 Å². The average molecular weight is 515 g/mol. The third kappa shape index (κ3) is 5.82. The van der Waals surface area contributed by atoms with Gasteiger partial charge in [-0.05, 0) is 64.3 Å². The molecule has 0 saturated carbocycles. The summed E-state index contributed by atoms with van der Waals surface area (Å²) in [7, 11) is 5.82. The lowest BCUT2D eigenvalue weighted by molar-refractivity contribution is -0.119. The zero-order valence-corrected chi connectivity index (χ0v) is 22.3. The number of nitrogens with two attached hydrogens (primary N) is 1. The molecule has 0 spiro atoms. The van der Waals surface area contributed by atoms with Gasteiger partial charge in [0.05, 0.1) is 18.2 Å². The third-order valence-electron chi connectivity index (χ3n) is 6.73. The van der Waals surface area contributed by atoms with Gasteiger partial charge in [-0.25, -0.2) is 9.97 Å². The van der Waals surface area contributed by atoms with Crippen LogP contribution in [0.3, 0.4) is 0 Å². The first-order chi connectivity index (χ1) is 16.9. The SMILES string of the molecule is CN(C)C1CCN(C=O)CC1.COc1cc(N)c(S)cc1Nc1ncnc2sc3c(c12)CCCC3. The van der Waals surface area contributed by atoms with Gasteiger partial charge in [0.1, 0.15) is 22.7 Å². The van der Waals surface area contributed by atoms with Crippen LogP contribution < -0.4 is 15.8 Å². The summed E-state index contributed by atoms with van der Waals surface area (Å²) in [5, 5.41) is 4.53. The molecular weight excluding hydrogens is 480 g/mol. The van der Waals surface area contributed by atoms with Crippen molar-refractivity contribution in [1.82, 2.24) is 19.8 Å². The van der Waals surface area contributed by atoms with Crippen LogP contribution in [0.25, 0.3) is 10.2 Å². The van der Waals surface area contributed by atoms with Crippen LogP contribution in [-0.2, 0) is 17.6 Å². The number of nitrogen functional groups attached to an aromatic ring is 1. The predicted molar refractivity (Wildman–Crippen MR) is 146 cm³/mol. The summed E-state index contributed by atoms with van der Waals surface area (Å²) >= 11 is 6.19. The molecule has 8 nitrogen and oxygen atoms in total. The fourth-order valence-electron chi connectivity index (χ4n) is 4.67. The number of ether oxygens (including phenoxy) is 1. The van der Waals surface area contributed by atoms with Gasteiger partial charge in [-0.2, -0.15) is 0 Å². The first-order valence-corrected chi connectivity index (χ1v) is 13.2. The van der Waals surface area contributed by atoms with Crippen LogP contribution in [0.15, 0.2) is 23.4 Å². The van der Waals surface area contributed by atoms with Crippen LogP contribution in [-0.4, -0.2) is 66.5 Å². The highest BCUT2D eigenvalue weighted by molar-refractivity contribution is 7.80. The zero-order valence-electron chi connectivity index (χ0n) is 20.6. The molecule has 3 heterocycles. The van der Waals surface area contributed by atoms with E-state index in [1.807, 2.05) is 11.0 Å².